The first-order valence-electron chi connectivity index (χ1n) is 6.46. The number of hydrogen-bond acceptors (Lipinski definition) is 2. The number of benzene rings is 2. The maximum atomic E-state index is 6.27. The van der Waals surface area contributed by atoms with Crippen molar-refractivity contribution in [2.75, 3.05) is 19.7 Å². The standard InChI is InChI=1S/C15H15Cl2NO/c16-13-7-14(17)15(12-4-2-1-3-11(12)13)19-9-10-5-6-18-8-10/h1-4,7,10,18H,5-6,8-9H2/t10-/m1/s1. The molecule has 0 radical (unpaired) electrons. The van der Waals surface area contributed by atoms with E-state index in [1.165, 1.54) is 0 Å². The van der Waals surface area contributed by atoms with E-state index >= 15 is 0 Å². The molecular formula is C15H15Cl2NO. The second-order valence-corrected chi connectivity index (χ2v) is 5.70. The van der Waals surface area contributed by atoms with Crippen LogP contribution in [0.1, 0.15) is 6.42 Å². The van der Waals surface area contributed by atoms with Crippen LogP contribution >= 0.6 is 23.2 Å². The first-order chi connectivity index (χ1) is 9.25. The molecule has 0 amide bonds. The van der Waals surface area contributed by atoms with Crippen molar-refractivity contribution in [3.63, 3.8) is 0 Å². The molecular weight excluding hydrogens is 281 g/mol. The number of rotatable bonds is 3. The second kappa shape index (κ2) is 5.58. The van der Waals surface area contributed by atoms with Crippen molar-refractivity contribution in [1.82, 2.24) is 5.32 Å². The predicted molar refractivity (Wildman–Crippen MR) is 80.4 cm³/mol. The van der Waals surface area contributed by atoms with E-state index in [2.05, 4.69) is 5.32 Å². The smallest absolute Gasteiger partial charge is 0.145 e. The second-order valence-electron chi connectivity index (χ2n) is 4.88. The third-order valence-corrected chi connectivity index (χ3v) is 4.12. The van der Waals surface area contributed by atoms with Gasteiger partial charge in [0.15, 0.2) is 0 Å². The van der Waals surface area contributed by atoms with Crippen LogP contribution in [0.5, 0.6) is 5.75 Å². The van der Waals surface area contributed by atoms with Crippen molar-refractivity contribution in [2.24, 2.45) is 5.92 Å². The lowest BCUT2D eigenvalue weighted by Crippen LogP contribution is -2.15. The molecule has 1 heterocycles. The Hall–Kier alpha value is -0.960. The van der Waals surface area contributed by atoms with Crippen LogP contribution in [0.15, 0.2) is 30.3 Å². The van der Waals surface area contributed by atoms with Crippen molar-refractivity contribution in [3.8, 4) is 5.75 Å². The summed E-state index contributed by atoms with van der Waals surface area (Å²) >= 11 is 12.5. The Morgan fingerprint density at radius 1 is 1.16 bits per heavy atom. The fourth-order valence-corrected chi connectivity index (χ4v) is 3.07. The average Bonchev–Trinajstić information content (AvgIpc) is 2.92. The highest BCUT2D eigenvalue weighted by molar-refractivity contribution is 6.39. The van der Waals surface area contributed by atoms with Crippen LogP contribution in [0.3, 0.4) is 0 Å². The van der Waals surface area contributed by atoms with Gasteiger partial charge in [-0.15, -0.1) is 0 Å². The van der Waals surface area contributed by atoms with E-state index in [4.69, 9.17) is 27.9 Å². The largest absolute Gasteiger partial charge is 0.491 e. The third kappa shape index (κ3) is 2.66. The van der Waals surface area contributed by atoms with Gasteiger partial charge >= 0.3 is 0 Å². The fraction of sp³-hybridized carbons (Fsp3) is 0.333. The van der Waals surface area contributed by atoms with Crippen LogP contribution in [0.2, 0.25) is 10.0 Å². The quantitative estimate of drug-likeness (QED) is 0.919. The molecule has 19 heavy (non-hydrogen) atoms. The van der Waals surface area contributed by atoms with E-state index < -0.39 is 0 Å². The molecule has 1 fully saturated rings. The predicted octanol–water partition coefficient (Wildman–Crippen LogP) is 4.13. The Morgan fingerprint density at radius 3 is 2.68 bits per heavy atom. The van der Waals surface area contributed by atoms with Gasteiger partial charge in [0, 0.05) is 23.2 Å². The van der Waals surface area contributed by atoms with Gasteiger partial charge < -0.3 is 10.1 Å². The Morgan fingerprint density at radius 2 is 1.95 bits per heavy atom. The molecule has 0 spiro atoms. The fourth-order valence-electron chi connectivity index (χ4n) is 2.48. The van der Waals surface area contributed by atoms with Gasteiger partial charge in [-0.3, -0.25) is 0 Å². The highest BCUT2D eigenvalue weighted by Gasteiger charge is 2.17. The van der Waals surface area contributed by atoms with E-state index in [-0.39, 0.29) is 0 Å². The summed E-state index contributed by atoms with van der Waals surface area (Å²) < 4.78 is 5.96. The van der Waals surface area contributed by atoms with Crippen molar-refractivity contribution < 1.29 is 4.74 Å². The van der Waals surface area contributed by atoms with Gasteiger partial charge in [0.2, 0.25) is 0 Å². The summed E-state index contributed by atoms with van der Waals surface area (Å²) in [5.41, 5.74) is 0. The van der Waals surface area contributed by atoms with Gasteiger partial charge in [-0.2, -0.15) is 0 Å². The molecule has 0 aliphatic carbocycles. The Kier molecular flexibility index (Phi) is 3.83. The SMILES string of the molecule is Clc1cc(Cl)c2ccccc2c1OC[C@@H]1CCNC1. The Bertz CT molecular complexity index is 594. The Balaban J connectivity index is 1.93. The number of halogens is 2. The molecule has 0 aromatic heterocycles. The van der Waals surface area contributed by atoms with Crippen molar-refractivity contribution >= 4 is 34.0 Å². The summed E-state index contributed by atoms with van der Waals surface area (Å²) in [4.78, 5) is 0. The van der Waals surface area contributed by atoms with E-state index in [0.29, 0.717) is 22.6 Å². The molecule has 1 atom stereocenters. The zero-order valence-electron chi connectivity index (χ0n) is 10.5. The normalized spacial score (nSPS) is 18.9. The van der Waals surface area contributed by atoms with Crippen LogP contribution in [-0.4, -0.2) is 19.7 Å². The molecule has 3 rings (SSSR count). The summed E-state index contributed by atoms with van der Waals surface area (Å²) in [5, 5.41) is 6.53. The minimum atomic E-state index is 0.561. The number of ether oxygens (including phenoxy) is 1. The van der Waals surface area contributed by atoms with E-state index in [9.17, 15) is 0 Å². The molecule has 2 nitrogen and oxygen atoms in total. The maximum Gasteiger partial charge on any atom is 0.145 e. The molecule has 1 N–H and O–H groups in total. The molecule has 100 valence electrons. The van der Waals surface area contributed by atoms with E-state index in [1.807, 2.05) is 24.3 Å². The molecule has 0 bridgehead atoms. The van der Waals surface area contributed by atoms with Gasteiger partial charge in [0.05, 0.1) is 16.7 Å². The van der Waals surface area contributed by atoms with Crippen LogP contribution in [0.25, 0.3) is 10.8 Å². The van der Waals surface area contributed by atoms with Crippen LogP contribution < -0.4 is 10.1 Å². The maximum absolute atomic E-state index is 6.27. The van der Waals surface area contributed by atoms with Gasteiger partial charge in [-0.05, 0) is 19.0 Å². The molecule has 0 saturated carbocycles. The van der Waals surface area contributed by atoms with Crippen LogP contribution in [0, 0.1) is 5.92 Å². The van der Waals surface area contributed by atoms with Gasteiger partial charge in [-0.25, -0.2) is 0 Å². The highest BCUT2D eigenvalue weighted by atomic mass is 35.5. The molecule has 1 aliphatic rings. The van der Waals surface area contributed by atoms with Crippen molar-refractivity contribution in [1.29, 1.82) is 0 Å². The first kappa shape index (κ1) is 13.0. The van der Waals surface area contributed by atoms with Gasteiger partial charge in [-0.1, -0.05) is 47.5 Å². The lowest BCUT2D eigenvalue weighted by Gasteiger charge is -2.15. The first-order valence-corrected chi connectivity index (χ1v) is 7.21. The summed E-state index contributed by atoms with van der Waals surface area (Å²) in [5.74, 6) is 1.30. The highest BCUT2D eigenvalue weighted by Crippen LogP contribution is 2.38. The molecule has 2 aromatic rings. The monoisotopic (exact) mass is 295 g/mol. The number of nitrogens with one attached hydrogen (secondary N) is 1. The average molecular weight is 296 g/mol. The van der Waals surface area contributed by atoms with E-state index in [1.54, 1.807) is 6.07 Å². The summed E-state index contributed by atoms with van der Waals surface area (Å²) in [6.07, 6.45) is 1.16. The third-order valence-electron chi connectivity index (χ3n) is 3.53. The molecule has 1 saturated heterocycles. The molecule has 0 unspecified atom stereocenters. The summed E-state index contributed by atoms with van der Waals surface area (Å²) in [7, 11) is 0. The lowest BCUT2D eigenvalue weighted by atomic mass is 10.1. The van der Waals surface area contributed by atoms with Crippen molar-refractivity contribution in [2.45, 2.75) is 6.42 Å². The van der Waals surface area contributed by atoms with Crippen LogP contribution in [-0.2, 0) is 0 Å². The topological polar surface area (TPSA) is 21.3 Å². The molecule has 2 aromatic carbocycles. The van der Waals surface area contributed by atoms with Crippen LogP contribution in [0.4, 0.5) is 0 Å². The number of hydrogen-bond donors (Lipinski definition) is 1. The summed E-state index contributed by atoms with van der Waals surface area (Å²) in [6, 6.07) is 9.67. The zero-order valence-corrected chi connectivity index (χ0v) is 12.0. The molecule has 4 heteroatoms. The van der Waals surface area contributed by atoms with Crippen molar-refractivity contribution in [3.05, 3.63) is 40.4 Å². The lowest BCUT2D eigenvalue weighted by molar-refractivity contribution is 0.263. The van der Waals surface area contributed by atoms with Gasteiger partial charge in [0.1, 0.15) is 5.75 Å². The van der Waals surface area contributed by atoms with Gasteiger partial charge in [0.25, 0.3) is 0 Å². The minimum Gasteiger partial charge on any atom is -0.491 e. The molecule has 1 aliphatic heterocycles. The minimum absolute atomic E-state index is 0.561. The zero-order chi connectivity index (χ0) is 13.2. The number of fused-ring (bicyclic) bond motifs is 1. The summed E-state index contributed by atoms with van der Waals surface area (Å²) in [6.45, 7) is 2.78. The Labute approximate surface area is 122 Å². The van der Waals surface area contributed by atoms with E-state index in [0.717, 1.165) is 36.0 Å².